The Morgan fingerprint density at radius 2 is 2.10 bits per heavy atom. The van der Waals surface area contributed by atoms with E-state index in [0.717, 1.165) is 25.9 Å². The molecule has 1 heterocycles. The molecule has 0 aliphatic carbocycles. The predicted molar refractivity (Wildman–Crippen MR) is 80.6 cm³/mol. The van der Waals surface area contributed by atoms with Crippen molar-refractivity contribution in [3.63, 3.8) is 0 Å². The minimum atomic E-state index is -0.208. The number of rotatable bonds is 5. The Morgan fingerprint density at radius 3 is 2.80 bits per heavy atom. The summed E-state index contributed by atoms with van der Waals surface area (Å²) in [6.07, 6.45) is 2.35. The van der Waals surface area contributed by atoms with Crippen molar-refractivity contribution in [2.24, 2.45) is 0 Å². The van der Waals surface area contributed by atoms with E-state index in [1.165, 1.54) is 0 Å². The van der Waals surface area contributed by atoms with Crippen LogP contribution in [0.15, 0.2) is 18.2 Å². The van der Waals surface area contributed by atoms with Crippen molar-refractivity contribution in [1.82, 2.24) is 10.6 Å². The third kappa shape index (κ3) is 4.63. The fourth-order valence-electron chi connectivity index (χ4n) is 2.12. The van der Waals surface area contributed by atoms with Gasteiger partial charge in [-0.1, -0.05) is 23.2 Å². The van der Waals surface area contributed by atoms with Gasteiger partial charge in [-0.05, 0) is 44.1 Å². The van der Waals surface area contributed by atoms with Gasteiger partial charge in [0.15, 0.2) is 0 Å². The summed E-state index contributed by atoms with van der Waals surface area (Å²) in [5, 5.41) is 6.94. The highest BCUT2D eigenvalue weighted by molar-refractivity contribution is 6.36. The maximum Gasteiger partial charge on any atom is 0.252 e. The molecule has 0 spiro atoms. The Balaban J connectivity index is 1.72. The Labute approximate surface area is 128 Å². The number of nitrogens with one attached hydrogen (secondary N) is 2. The fourth-order valence-corrected chi connectivity index (χ4v) is 2.62. The van der Waals surface area contributed by atoms with Gasteiger partial charge in [-0.3, -0.25) is 4.79 Å². The highest BCUT2D eigenvalue weighted by Crippen LogP contribution is 2.20. The van der Waals surface area contributed by atoms with Crippen molar-refractivity contribution >= 4 is 29.1 Å². The molecule has 0 bridgehead atoms. The van der Waals surface area contributed by atoms with Crippen LogP contribution in [-0.4, -0.2) is 38.3 Å². The van der Waals surface area contributed by atoms with E-state index < -0.39 is 0 Å². The lowest BCUT2D eigenvalue weighted by Gasteiger charge is -2.22. The minimum absolute atomic E-state index is 0.208. The normalized spacial score (nSPS) is 16.1. The molecular formula is C14H18Cl2N2O2. The van der Waals surface area contributed by atoms with E-state index in [1.807, 2.05) is 0 Å². The molecule has 20 heavy (non-hydrogen) atoms. The monoisotopic (exact) mass is 316 g/mol. The molecule has 1 saturated heterocycles. The van der Waals surface area contributed by atoms with Crippen LogP contribution in [0.2, 0.25) is 10.0 Å². The standard InChI is InChI=1S/C14H18Cl2N2O2/c15-10-1-2-12(13(16)9-10)14(19)18-7-8-20-11-3-5-17-6-4-11/h1-2,9,11,17H,3-8H2,(H,18,19). The van der Waals surface area contributed by atoms with Crippen LogP contribution in [0.1, 0.15) is 23.2 Å². The number of halogens is 2. The zero-order valence-electron chi connectivity index (χ0n) is 11.1. The first-order valence-corrected chi connectivity index (χ1v) is 7.48. The van der Waals surface area contributed by atoms with Crippen LogP contribution >= 0.6 is 23.2 Å². The maximum atomic E-state index is 11.9. The molecule has 110 valence electrons. The summed E-state index contributed by atoms with van der Waals surface area (Å²) in [7, 11) is 0. The van der Waals surface area contributed by atoms with Crippen LogP contribution < -0.4 is 10.6 Å². The SMILES string of the molecule is O=C(NCCOC1CCNCC1)c1ccc(Cl)cc1Cl. The summed E-state index contributed by atoms with van der Waals surface area (Å²) >= 11 is 11.8. The molecule has 2 N–H and O–H groups in total. The maximum absolute atomic E-state index is 11.9. The molecule has 0 saturated carbocycles. The van der Waals surface area contributed by atoms with Gasteiger partial charge >= 0.3 is 0 Å². The predicted octanol–water partition coefficient (Wildman–Crippen LogP) is 2.49. The second kappa shape index (κ2) is 7.84. The second-order valence-electron chi connectivity index (χ2n) is 4.70. The van der Waals surface area contributed by atoms with Gasteiger partial charge in [0.25, 0.3) is 5.91 Å². The zero-order chi connectivity index (χ0) is 14.4. The molecule has 1 aromatic rings. The second-order valence-corrected chi connectivity index (χ2v) is 5.54. The van der Waals surface area contributed by atoms with E-state index in [1.54, 1.807) is 18.2 Å². The third-order valence-corrected chi connectivity index (χ3v) is 3.75. The van der Waals surface area contributed by atoms with Crippen molar-refractivity contribution in [2.45, 2.75) is 18.9 Å². The smallest absolute Gasteiger partial charge is 0.252 e. The van der Waals surface area contributed by atoms with E-state index in [0.29, 0.717) is 34.9 Å². The van der Waals surface area contributed by atoms with Crippen LogP contribution in [0.5, 0.6) is 0 Å². The number of amides is 1. The molecular weight excluding hydrogens is 299 g/mol. The first-order chi connectivity index (χ1) is 9.66. The van der Waals surface area contributed by atoms with Crippen molar-refractivity contribution in [1.29, 1.82) is 0 Å². The Hall–Kier alpha value is -0.810. The molecule has 2 rings (SSSR count). The quantitative estimate of drug-likeness (QED) is 0.821. The molecule has 6 heteroatoms. The van der Waals surface area contributed by atoms with Crippen molar-refractivity contribution in [3.05, 3.63) is 33.8 Å². The van der Waals surface area contributed by atoms with E-state index >= 15 is 0 Å². The number of piperidine rings is 1. The summed E-state index contributed by atoms with van der Waals surface area (Å²) in [6.45, 7) is 2.98. The summed E-state index contributed by atoms with van der Waals surface area (Å²) in [5.41, 5.74) is 0.429. The van der Waals surface area contributed by atoms with E-state index in [9.17, 15) is 4.79 Å². The van der Waals surface area contributed by atoms with E-state index in [2.05, 4.69) is 10.6 Å². The minimum Gasteiger partial charge on any atom is -0.376 e. The van der Waals surface area contributed by atoms with Gasteiger partial charge in [0, 0.05) is 11.6 Å². The molecule has 1 aliphatic heterocycles. The van der Waals surface area contributed by atoms with Crippen LogP contribution in [-0.2, 0) is 4.74 Å². The summed E-state index contributed by atoms with van der Waals surface area (Å²) in [6, 6.07) is 4.82. The summed E-state index contributed by atoms with van der Waals surface area (Å²) in [4.78, 5) is 11.9. The zero-order valence-corrected chi connectivity index (χ0v) is 12.6. The number of benzene rings is 1. The van der Waals surface area contributed by atoms with Crippen LogP contribution in [0.3, 0.4) is 0 Å². The Morgan fingerprint density at radius 1 is 1.35 bits per heavy atom. The largest absolute Gasteiger partial charge is 0.376 e. The summed E-state index contributed by atoms with van der Waals surface area (Å²) < 4.78 is 5.71. The molecule has 0 aromatic heterocycles. The van der Waals surface area contributed by atoms with Gasteiger partial charge in [-0.15, -0.1) is 0 Å². The van der Waals surface area contributed by atoms with Crippen molar-refractivity contribution in [2.75, 3.05) is 26.2 Å². The number of ether oxygens (including phenoxy) is 1. The molecule has 1 fully saturated rings. The van der Waals surface area contributed by atoms with Crippen LogP contribution in [0.25, 0.3) is 0 Å². The Bertz CT molecular complexity index is 462. The van der Waals surface area contributed by atoms with Crippen molar-refractivity contribution in [3.8, 4) is 0 Å². The lowest BCUT2D eigenvalue weighted by molar-refractivity contribution is 0.0343. The van der Waals surface area contributed by atoms with Gasteiger partial charge in [-0.2, -0.15) is 0 Å². The average molecular weight is 317 g/mol. The van der Waals surface area contributed by atoms with Gasteiger partial charge in [0.1, 0.15) is 0 Å². The molecule has 0 atom stereocenters. The lowest BCUT2D eigenvalue weighted by Crippen LogP contribution is -2.34. The van der Waals surface area contributed by atoms with E-state index in [4.69, 9.17) is 27.9 Å². The highest BCUT2D eigenvalue weighted by atomic mass is 35.5. The number of carbonyl (C=O) groups is 1. The summed E-state index contributed by atoms with van der Waals surface area (Å²) in [5.74, 6) is -0.208. The highest BCUT2D eigenvalue weighted by Gasteiger charge is 2.13. The third-order valence-electron chi connectivity index (χ3n) is 3.20. The number of hydrogen-bond acceptors (Lipinski definition) is 3. The van der Waals surface area contributed by atoms with Crippen LogP contribution in [0.4, 0.5) is 0 Å². The topological polar surface area (TPSA) is 50.4 Å². The van der Waals surface area contributed by atoms with Gasteiger partial charge in [-0.25, -0.2) is 0 Å². The van der Waals surface area contributed by atoms with Gasteiger partial charge in [0.2, 0.25) is 0 Å². The van der Waals surface area contributed by atoms with Gasteiger partial charge in [0.05, 0.1) is 23.3 Å². The molecule has 4 nitrogen and oxygen atoms in total. The van der Waals surface area contributed by atoms with Gasteiger partial charge < -0.3 is 15.4 Å². The molecule has 1 amide bonds. The molecule has 0 radical (unpaired) electrons. The molecule has 1 aromatic carbocycles. The lowest BCUT2D eigenvalue weighted by atomic mass is 10.1. The fraction of sp³-hybridized carbons (Fsp3) is 0.500. The molecule has 1 aliphatic rings. The Kier molecular flexibility index (Phi) is 6.10. The molecule has 0 unspecified atom stereocenters. The number of hydrogen-bond donors (Lipinski definition) is 2. The first kappa shape index (κ1) is 15.6. The number of carbonyl (C=O) groups excluding carboxylic acids is 1. The van der Waals surface area contributed by atoms with Crippen LogP contribution in [0, 0.1) is 0 Å². The first-order valence-electron chi connectivity index (χ1n) is 6.72. The average Bonchev–Trinajstić information content (AvgIpc) is 2.44. The van der Waals surface area contributed by atoms with E-state index in [-0.39, 0.29) is 5.91 Å². The van der Waals surface area contributed by atoms with Crippen molar-refractivity contribution < 1.29 is 9.53 Å².